The predicted octanol–water partition coefficient (Wildman–Crippen LogP) is 4.55. The Morgan fingerprint density at radius 1 is 1.00 bits per heavy atom. The molecule has 1 aromatic heterocycles. The number of primary amides is 1. The molecule has 1 heterocycles. The van der Waals surface area contributed by atoms with E-state index in [0.29, 0.717) is 0 Å². The smallest absolute Gasteiger partial charge is 0.424 e. The number of amides is 2. The van der Waals surface area contributed by atoms with Gasteiger partial charge < -0.3 is 31.4 Å². The predicted molar refractivity (Wildman–Crippen MR) is 153 cm³/mol. The zero-order valence-electron chi connectivity index (χ0n) is 24.5. The van der Waals surface area contributed by atoms with Gasteiger partial charge in [-0.1, -0.05) is 13.8 Å². The number of pyridine rings is 1. The van der Waals surface area contributed by atoms with E-state index >= 15 is 0 Å². The van der Waals surface area contributed by atoms with Crippen LogP contribution in [-0.2, 0) is 15.9 Å². The molecule has 0 bridgehead atoms. The molecular formula is C30H36F4N4O5. The zero-order valence-corrected chi connectivity index (χ0v) is 24.5. The van der Waals surface area contributed by atoms with E-state index in [1.165, 1.54) is 43.5 Å². The number of nitrogens with two attached hydrogens (primary N) is 2. The maximum absolute atomic E-state index is 14.4. The number of hydrogen-bond donors (Lipinski definition) is 4. The molecule has 13 heteroatoms. The Balaban J connectivity index is 0.00000316. The summed E-state index contributed by atoms with van der Waals surface area (Å²) in [6.07, 6.45) is -5.35. The van der Waals surface area contributed by atoms with Crippen LogP contribution < -0.4 is 26.3 Å². The van der Waals surface area contributed by atoms with Gasteiger partial charge in [0, 0.05) is 16.7 Å². The van der Waals surface area contributed by atoms with Crippen LogP contribution in [0.15, 0.2) is 54.6 Å². The molecule has 0 radical (unpaired) electrons. The normalized spacial score (nSPS) is 12.8. The Morgan fingerprint density at radius 2 is 1.63 bits per heavy atom. The summed E-state index contributed by atoms with van der Waals surface area (Å²) in [5.74, 6) is -1.84. The summed E-state index contributed by atoms with van der Waals surface area (Å²) in [5.41, 5.74) is 6.10. The van der Waals surface area contributed by atoms with Crippen LogP contribution in [0.25, 0.3) is 11.3 Å². The molecule has 0 fully saturated rings. The summed E-state index contributed by atoms with van der Waals surface area (Å²) in [7, 11) is 1.29. The number of carbonyl (C=O) groups is 2. The molecule has 2 amide bonds. The fourth-order valence-corrected chi connectivity index (χ4v) is 3.72. The minimum atomic E-state index is -5.28. The molecule has 0 saturated carbocycles. The molecule has 234 valence electrons. The summed E-state index contributed by atoms with van der Waals surface area (Å²) < 4.78 is 67.3. The molecular weight excluding hydrogens is 572 g/mol. The second-order valence-electron chi connectivity index (χ2n) is 9.83. The van der Waals surface area contributed by atoms with E-state index in [1.807, 2.05) is 13.8 Å². The molecule has 0 aliphatic heterocycles. The number of halogens is 4. The van der Waals surface area contributed by atoms with Crippen molar-refractivity contribution in [1.82, 2.24) is 10.3 Å². The Morgan fingerprint density at radius 3 is 2.16 bits per heavy atom. The summed E-state index contributed by atoms with van der Waals surface area (Å²) in [6.45, 7) is 5.77. The van der Waals surface area contributed by atoms with Crippen molar-refractivity contribution >= 4 is 11.8 Å². The van der Waals surface area contributed by atoms with E-state index in [9.17, 15) is 32.3 Å². The Bertz CT molecular complexity index is 1410. The van der Waals surface area contributed by atoms with E-state index < -0.39 is 47.2 Å². The number of nitrogens with zero attached hydrogens (tertiary/aromatic N) is 1. The Hall–Kier alpha value is -4.23. The number of alkyl halides is 3. The number of aliphatic hydroxyl groups is 1. The van der Waals surface area contributed by atoms with E-state index in [-0.39, 0.29) is 46.9 Å². The maximum atomic E-state index is 14.4. The minimum Gasteiger partial charge on any atom is -0.493 e. The maximum Gasteiger partial charge on any atom is 0.424 e. The molecule has 0 saturated heterocycles. The third-order valence-corrected chi connectivity index (χ3v) is 6.14. The fourth-order valence-electron chi connectivity index (χ4n) is 3.72. The van der Waals surface area contributed by atoms with Gasteiger partial charge in [0.1, 0.15) is 5.82 Å². The summed E-state index contributed by atoms with van der Waals surface area (Å²) >= 11 is 0. The molecule has 43 heavy (non-hydrogen) atoms. The topological polar surface area (TPSA) is 150 Å². The van der Waals surface area contributed by atoms with Crippen LogP contribution in [-0.4, -0.2) is 48.3 Å². The number of aromatic nitrogens is 1. The molecule has 3 aromatic rings. The van der Waals surface area contributed by atoms with E-state index in [0.717, 1.165) is 18.2 Å². The number of hydrogen-bond acceptors (Lipinski definition) is 7. The van der Waals surface area contributed by atoms with Crippen molar-refractivity contribution in [1.29, 1.82) is 0 Å². The molecule has 0 spiro atoms. The molecule has 9 nitrogen and oxygen atoms in total. The van der Waals surface area contributed by atoms with Gasteiger partial charge in [-0.15, -0.1) is 0 Å². The first kappa shape index (κ1) is 35.0. The second-order valence-corrected chi connectivity index (χ2v) is 9.83. The molecule has 3 rings (SSSR count). The van der Waals surface area contributed by atoms with Gasteiger partial charge >= 0.3 is 6.18 Å². The van der Waals surface area contributed by atoms with E-state index in [4.69, 9.17) is 20.9 Å². The van der Waals surface area contributed by atoms with Gasteiger partial charge in [0.15, 0.2) is 11.5 Å². The van der Waals surface area contributed by atoms with Crippen LogP contribution >= 0.6 is 0 Å². The standard InChI is InChI=1S/C28H30F4N4O5.C2H6/c1-26(2,34)18-13-20(16-4-7-19(29)8-5-16)36-23(14-18)27(39,28(30,31)32)15-35-25(38)17-6-9-21(22(12-17)40-3)41-11-10-24(33)37;1-2/h4-9,12-14,39H,10-11,15,34H2,1-3H3,(H2,33,37)(H,35,38);1-2H3. The minimum absolute atomic E-state index is 0.0155. The number of benzene rings is 2. The SMILES string of the molecule is CC.COc1cc(C(=O)NCC(O)(c2cc(C(C)(C)N)cc(-c3ccc(F)cc3)n2)C(F)(F)F)ccc1OCCC(N)=O. The fraction of sp³-hybridized carbons (Fsp3) is 0.367. The van der Waals surface area contributed by atoms with Gasteiger partial charge in [0.2, 0.25) is 11.5 Å². The number of nitrogens with one attached hydrogen (secondary N) is 1. The van der Waals surface area contributed by atoms with Crippen molar-refractivity contribution in [2.24, 2.45) is 11.5 Å². The lowest BCUT2D eigenvalue weighted by Gasteiger charge is -2.32. The van der Waals surface area contributed by atoms with Crippen molar-refractivity contribution in [2.45, 2.75) is 51.4 Å². The van der Waals surface area contributed by atoms with Crippen LogP contribution in [0.2, 0.25) is 0 Å². The van der Waals surface area contributed by atoms with Crippen LogP contribution in [0.4, 0.5) is 17.6 Å². The van der Waals surface area contributed by atoms with Gasteiger partial charge in [0.05, 0.1) is 38.1 Å². The lowest BCUT2D eigenvalue weighted by molar-refractivity contribution is -0.265. The lowest BCUT2D eigenvalue weighted by atomic mass is 9.89. The van der Waals surface area contributed by atoms with Crippen molar-refractivity contribution in [2.75, 3.05) is 20.3 Å². The highest BCUT2D eigenvalue weighted by Gasteiger charge is 2.56. The highest BCUT2D eigenvalue weighted by molar-refractivity contribution is 5.95. The molecule has 0 aliphatic rings. The molecule has 1 unspecified atom stereocenters. The van der Waals surface area contributed by atoms with Crippen LogP contribution in [0.3, 0.4) is 0 Å². The van der Waals surface area contributed by atoms with E-state index in [1.54, 1.807) is 13.8 Å². The summed E-state index contributed by atoms with van der Waals surface area (Å²) in [4.78, 5) is 27.8. The summed E-state index contributed by atoms with van der Waals surface area (Å²) in [6, 6.07) is 11.2. The molecule has 0 aliphatic carbocycles. The molecule has 1 atom stereocenters. The third-order valence-electron chi connectivity index (χ3n) is 6.14. The van der Waals surface area contributed by atoms with Crippen molar-refractivity contribution in [3.8, 4) is 22.8 Å². The van der Waals surface area contributed by atoms with Gasteiger partial charge in [-0.3, -0.25) is 9.59 Å². The van der Waals surface area contributed by atoms with E-state index in [2.05, 4.69) is 10.3 Å². The Kier molecular flexibility index (Phi) is 11.6. The van der Waals surface area contributed by atoms with Gasteiger partial charge in [-0.2, -0.15) is 13.2 Å². The highest BCUT2D eigenvalue weighted by Crippen LogP contribution is 2.40. The number of ether oxygens (including phenoxy) is 2. The highest BCUT2D eigenvalue weighted by atomic mass is 19.4. The summed E-state index contributed by atoms with van der Waals surface area (Å²) in [5, 5.41) is 13.1. The van der Waals surface area contributed by atoms with Gasteiger partial charge in [-0.25, -0.2) is 9.37 Å². The first-order valence-electron chi connectivity index (χ1n) is 13.3. The zero-order chi connectivity index (χ0) is 32.6. The largest absolute Gasteiger partial charge is 0.493 e. The van der Waals surface area contributed by atoms with Crippen molar-refractivity contribution in [3.05, 3.63) is 77.2 Å². The number of methoxy groups -OCH3 is 1. The first-order chi connectivity index (χ1) is 20.0. The number of carbonyl (C=O) groups excluding carboxylic acids is 2. The average molecular weight is 609 g/mol. The molecule has 6 N–H and O–H groups in total. The third kappa shape index (κ3) is 8.88. The second kappa shape index (κ2) is 14.3. The Labute approximate surface area is 247 Å². The van der Waals surface area contributed by atoms with Crippen LogP contribution in [0.5, 0.6) is 11.5 Å². The first-order valence-corrected chi connectivity index (χ1v) is 13.3. The average Bonchev–Trinajstić information content (AvgIpc) is 2.95. The lowest BCUT2D eigenvalue weighted by Crippen LogP contribution is -2.51. The van der Waals surface area contributed by atoms with Crippen molar-refractivity contribution < 1.29 is 41.7 Å². The van der Waals surface area contributed by atoms with Crippen LogP contribution in [0.1, 0.15) is 55.7 Å². The molecule has 2 aromatic carbocycles. The quantitative estimate of drug-likeness (QED) is 0.233. The monoisotopic (exact) mass is 608 g/mol. The van der Waals surface area contributed by atoms with Crippen LogP contribution in [0, 0.1) is 5.82 Å². The van der Waals surface area contributed by atoms with Gasteiger partial charge in [0.25, 0.3) is 5.91 Å². The number of rotatable bonds is 11. The van der Waals surface area contributed by atoms with Crippen molar-refractivity contribution in [3.63, 3.8) is 0 Å². The van der Waals surface area contributed by atoms with Gasteiger partial charge in [-0.05, 0) is 74.0 Å².